The lowest BCUT2D eigenvalue weighted by Crippen LogP contribution is -2.09. The highest BCUT2D eigenvalue weighted by Crippen LogP contribution is 2.21. The lowest BCUT2D eigenvalue weighted by Gasteiger charge is -2.08. The number of hydrogen-bond acceptors (Lipinski definition) is 2. The molecule has 3 nitrogen and oxygen atoms in total. The van der Waals surface area contributed by atoms with Gasteiger partial charge in [0.15, 0.2) is 0 Å². The minimum absolute atomic E-state index is 0.208. The number of hydrogen-bond donors (Lipinski definition) is 2. The Morgan fingerprint density at radius 2 is 1.62 bits per heavy atom. The van der Waals surface area contributed by atoms with Crippen LogP contribution in [-0.2, 0) is 0 Å². The zero-order valence-corrected chi connectivity index (χ0v) is 11.1. The molecule has 21 heavy (non-hydrogen) atoms. The highest BCUT2D eigenvalue weighted by atomic mass is 19.1. The van der Waals surface area contributed by atoms with Gasteiger partial charge in [-0.25, -0.2) is 4.39 Å². The van der Waals surface area contributed by atoms with E-state index in [0.717, 1.165) is 11.4 Å². The Bertz CT molecular complexity index is 795. The fourth-order valence-electron chi connectivity index (χ4n) is 2.09. The van der Waals surface area contributed by atoms with Crippen LogP contribution in [0.3, 0.4) is 0 Å². The Balaban J connectivity index is 1.97. The third-order valence-electron chi connectivity index (χ3n) is 3.12. The molecule has 1 aromatic heterocycles. The lowest BCUT2D eigenvalue weighted by atomic mass is 10.1. The third-order valence-corrected chi connectivity index (χ3v) is 3.12. The summed E-state index contributed by atoms with van der Waals surface area (Å²) >= 11 is 0. The van der Waals surface area contributed by atoms with Crippen molar-refractivity contribution in [3.8, 4) is 11.1 Å². The number of rotatable bonds is 3. The van der Waals surface area contributed by atoms with Crippen molar-refractivity contribution in [3.63, 3.8) is 0 Å². The van der Waals surface area contributed by atoms with Crippen LogP contribution in [0.25, 0.3) is 11.1 Å². The van der Waals surface area contributed by atoms with Gasteiger partial charge in [0.1, 0.15) is 5.82 Å². The largest absolute Gasteiger partial charge is 0.354 e. The van der Waals surface area contributed by atoms with Crippen LogP contribution in [-0.4, -0.2) is 4.98 Å². The normalized spacial score (nSPS) is 10.3. The second-order valence-corrected chi connectivity index (χ2v) is 4.63. The molecule has 0 amide bonds. The topological polar surface area (TPSA) is 44.9 Å². The van der Waals surface area contributed by atoms with E-state index in [2.05, 4.69) is 10.3 Å². The van der Waals surface area contributed by atoms with Crippen LogP contribution in [0.2, 0.25) is 0 Å². The van der Waals surface area contributed by atoms with E-state index in [1.165, 1.54) is 12.1 Å². The number of aromatic amines is 1. The molecule has 3 aromatic rings. The van der Waals surface area contributed by atoms with E-state index in [1.807, 2.05) is 30.3 Å². The molecule has 0 aliphatic rings. The molecular weight excluding hydrogens is 267 g/mol. The van der Waals surface area contributed by atoms with Crippen LogP contribution in [0.4, 0.5) is 15.8 Å². The van der Waals surface area contributed by atoms with Gasteiger partial charge >= 0.3 is 0 Å². The second-order valence-electron chi connectivity index (χ2n) is 4.63. The smallest absolute Gasteiger partial charge is 0.255 e. The number of anilines is 2. The highest BCUT2D eigenvalue weighted by molar-refractivity contribution is 5.69. The van der Waals surface area contributed by atoms with Crippen LogP contribution in [0, 0.1) is 5.82 Å². The van der Waals surface area contributed by atoms with Crippen molar-refractivity contribution in [3.05, 3.63) is 83.0 Å². The number of benzene rings is 2. The first kappa shape index (κ1) is 13.1. The summed E-state index contributed by atoms with van der Waals surface area (Å²) < 4.78 is 13.0. The fourth-order valence-corrected chi connectivity index (χ4v) is 2.09. The Morgan fingerprint density at radius 1 is 0.905 bits per heavy atom. The minimum atomic E-state index is -0.325. The zero-order valence-electron chi connectivity index (χ0n) is 11.1. The van der Waals surface area contributed by atoms with Gasteiger partial charge in [0.25, 0.3) is 5.56 Å². The Morgan fingerprint density at radius 3 is 2.33 bits per heavy atom. The van der Waals surface area contributed by atoms with E-state index in [-0.39, 0.29) is 11.4 Å². The molecule has 0 atom stereocenters. The van der Waals surface area contributed by atoms with Gasteiger partial charge < -0.3 is 10.3 Å². The molecule has 0 bridgehead atoms. The number of halogens is 1. The van der Waals surface area contributed by atoms with E-state index in [4.69, 9.17) is 0 Å². The molecule has 2 aromatic carbocycles. The van der Waals surface area contributed by atoms with Crippen molar-refractivity contribution in [2.75, 3.05) is 5.32 Å². The van der Waals surface area contributed by atoms with Gasteiger partial charge in [-0.05, 0) is 35.9 Å². The van der Waals surface area contributed by atoms with E-state index in [1.54, 1.807) is 24.4 Å². The maximum Gasteiger partial charge on any atom is 0.255 e. The van der Waals surface area contributed by atoms with Gasteiger partial charge in [-0.1, -0.05) is 30.3 Å². The molecule has 0 aliphatic heterocycles. The first-order chi connectivity index (χ1) is 10.2. The number of nitrogens with one attached hydrogen (secondary N) is 2. The molecule has 0 radical (unpaired) electrons. The number of aromatic nitrogens is 1. The van der Waals surface area contributed by atoms with Crippen LogP contribution in [0.1, 0.15) is 0 Å². The Labute approximate surface area is 121 Å². The lowest BCUT2D eigenvalue weighted by molar-refractivity contribution is 0.628. The summed E-state index contributed by atoms with van der Waals surface area (Å²) in [6.07, 6.45) is 1.61. The number of H-pyrrole nitrogens is 1. The summed E-state index contributed by atoms with van der Waals surface area (Å²) in [7, 11) is 0. The maximum atomic E-state index is 13.0. The SMILES string of the molecule is O=c1[nH]cc(Nc2ccccc2)cc1-c1ccc(F)cc1. The molecule has 0 unspecified atom stereocenters. The molecule has 4 heteroatoms. The third kappa shape index (κ3) is 3.00. The van der Waals surface area contributed by atoms with Crippen molar-refractivity contribution in [1.29, 1.82) is 0 Å². The zero-order chi connectivity index (χ0) is 14.7. The van der Waals surface area contributed by atoms with E-state index >= 15 is 0 Å². The average Bonchev–Trinajstić information content (AvgIpc) is 2.51. The summed E-state index contributed by atoms with van der Waals surface area (Å²) in [4.78, 5) is 14.6. The molecule has 2 N–H and O–H groups in total. The second kappa shape index (κ2) is 5.63. The molecule has 1 heterocycles. The van der Waals surface area contributed by atoms with E-state index in [0.29, 0.717) is 11.1 Å². The Hall–Kier alpha value is -2.88. The fraction of sp³-hybridized carbons (Fsp3) is 0. The average molecular weight is 280 g/mol. The van der Waals surface area contributed by atoms with Crippen LogP contribution in [0.15, 0.2) is 71.7 Å². The van der Waals surface area contributed by atoms with Crippen molar-refractivity contribution in [2.45, 2.75) is 0 Å². The molecule has 3 rings (SSSR count). The molecular formula is C17H13FN2O. The van der Waals surface area contributed by atoms with Gasteiger partial charge in [0.05, 0.1) is 5.69 Å². The Kier molecular flexibility index (Phi) is 3.51. The summed E-state index contributed by atoms with van der Waals surface area (Å²) in [5, 5.41) is 3.21. The molecule has 0 fully saturated rings. The molecule has 0 spiro atoms. The highest BCUT2D eigenvalue weighted by Gasteiger charge is 2.05. The standard InChI is InChI=1S/C17H13FN2O/c18-13-8-6-12(7-9-13)16-10-15(11-19-17(16)21)20-14-4-2-1-3-5-14/h1-11,20H,(H,19,21). The van der Waals surface area contributed by atoms with Crippen molar-refractivity contribution in [1.82, 2.24) is 4.98 Å². The first-order valence-corrected chi connectivity index (χ1v) is 6.53. The first-order valence-electron chi connectivity index (χ1n) is 6.53. The van der Waals surface area contributed by atoms with Crippen LogP contribution < -0.4 is 10.9 Å². The van der Waals surface area contributed by atoms with Gasteiger partial charge in [-0.3, -0.25) is 4.79 Å². The number of pyridine rings is 1. The van der Waals surface area contributed by atoms with Crippen molar-refractivity contribution < 1.29 is 4.39 Å². The molecule has 0 saturated carbocycles. The van der Waals surface area contributed by atoms with Crippen molar-refractivity contribution in [2.24, 2.45) is 0 Å². The maximum absolute atomic E-state index is 13.0. The summed E-state index contributed by atoms with van der Waals surface area (Å²) in [6.45, 7) is 0. The van der Waals surface area contributed by atoms with E-state index < -0.39 is 0 Å². The van der Waals surface area contributed by atoms with Crippen LogP contribution in [0.5, 0.6) is 0 Å². The molecule has 0 saturated heterocycles. The van der Waals surface area contributed by atoms with Gasteiger partial charge in [0.2, 0.25) is 0 Å². The summed E-state index contributed by atoms with van der Waals surface area (Å²) in [6, 6.07) is 17.3. The van der Waals surface area contributed by atoms with Gasteiger partial charge in [-0.2, -0.15) is 0 Å². The van der Waals surface area contributed by atoms with Gasteiger partial charge in [0, 0.05) is 17.4 Å². The summed E-state index contributed by atoms with van der Waals surface area (Å²) in [5.74, 6) is -0.325. The van der Waals surface area contributed by atoms with Crippen LogP contribution >= 0.6 is 0 Å². The van der Waals surface area contributed by atoms with E-state index in [9.17, 15) is 9.18 Å². The quantitative estimate of drug-likeness (QED) is 0.763. The van der Waals surface area contributed by atoms with Gasteiger partial charge in [-0.15, -0.1) is 0 Å². The minimum Gasteiger partial charge on any atom is -0.354 e. The summed E-state index contributed by atoms with van der Waals surface area (Å²) in [5.41, 5.74) is 2.65. The monoisotopic (exact) mass is 280 g/mol. The molecule has 104 valence electrons. The predicted octanol–water partition coefficient (Wildman–Crippen LogP) is 3.92. The van der Waals surface area contributed by atoms with Crippen molar-refractivity contribution >= 4 is 11.4 Å². The number of para-hydroxylation sites is 1. The molecule has 0 aliphatic carbocycles. The predicted molar refractivity (Wildman–Crippen MR) is 82.2 cm³/mol.